The number of hydrogen-bond acceptors (Lipinski definition) is 4. The number of oxazole rings is 1. The van der Waals surface area contributed by atoms with Crippen molar-refractivity contribution in [2.24, 2.45) is 0 Å². The molecule has 20 heavy (non-hydrogen) atoms. The topological polar surface area (TPSA) is 52.3 Å². The van der Waals surface area contributed by atoms with Gasteiger partial charge in [-0.2, -0.15) is 0 Å². The Hall–Kier alpha value is -2.17. The number of benzene rings is 1. The fourth-order valence-electron chi connectivity index (χ4n) is 1.74. The summed E-state index contributed by atoms with van der Waals surface area (Å²) in [6, 6.07) is 5.19. The largest absolute Gasteiger partial charge is 0.489 e. The van der Waals surface area contributed by atoms with Gasteiger partial charge in [-0.05, 0) is 18.6 Å². The van der Waals surface area contributed by atoms with E-state index in [2.05, 4.69) is 11.9 Å². The highest BCUT2D eigenvalue weighted by Gasteiger charge is 2.07. The minimum atomic E-state index is -0.109. The third-order valence-electron chi connectivity index (χ3n) is 2.85. The number of ether oxygens (including phenoxy) is 1. The molecule has 0 amide bonds. The summed E-state index contributed by atoms with van der Waals surface area (Å²) in [5.74, 6) is 1.22. The van der Waals surface area contributed by atoms with Crippen LogP contribution in [0.25, 0.3) is 11.1 Å². The van der Waals surface area contributed by atoms with E-state index in [0.29, 0.717) is 23.5 Å². The highest BCUT2D eigenvalue weighted by molar-refractivity contribution is 5.75. The Balaban J connectivity index is 2.10. The summed E-state index contributed by atoms with van der Waals surface area (Å²) in [7, 11) is 0. The van der Waals surface area contributed by atoms with Gasteiger partial charge in [-0.25, -0.2) is 9.37 Å². The van der Waals surface area contributed by atoms with Gasteiger partial charge in [0.1, 0.15) is 17.9 Å². The van der Waals surface area contributed by atoms with Gasteiger partial charge in [0.15, 0.2) is 17.8 Å². The molecule has 2 aromatic rings. The van der Waals surface area contributed by atoms with E-state index in [0.717, 1.165) is 24.8 Å². The van der Waals surface area contributed by atoms with Crippen LogP contribution in [0.4, 0.5) is 4.39 Å². The molecule has 0 aliphatic carbocycles. The summed E-state index contributed by atoms with van der Waals surface area (Å²) in [5, 5.41) is 0. The zero-order valence-corrected chi connectivity index (χ0v) is 11.3. The minimum absolute atomic E-state index is 0.0497. The van der Waals surface area contributed by atoms with E-state index < -0.39 is 0 Å². The van der Waals surface area contributed by atoms with E-state index >= 15 is 0 Å². The number of aldehydes is 1. The number of rotatable bonds is 7. The molecule has 1 heterocycles. The monoisotopic (exact) mass is 277 g/mol. The van der Waals surface area contributed by atoms with Crippen LogP contribution in [0.3, 0.4) is 0 Å². The molecule has 5 heteroatoms. The van der Waals surface area contributed by atoms with Crippen molar-refractivity contribution in [2.45, 2.75) is 26.2 Å². The molecular weight excluding hydrogens is 261 g/mol. The van der Waals surface area contributed by atoms with Crippen molar-refractivity contribution >= 4 is 17.4 Å². The van der Waals surface area contributed by atoms with E-state index in [1.165, 1.54) is 0 Å². The smallest absolute Gasteiger partial charge is 0.195 e. The van der Waals surface area contributed by atoms with Crippen LogP contribution in [0.15, 0.2) is 34.5 Å². The van der Waals surface area contributed by atoms with Crippen molar-refractivity contribution in [1.29, 1.82) is 0 Å². The standard InChI is InChI=1S/C15H16FNO3/c1-2-3-4-15-17-13-6-5-12(7-14(13)20-15)19-10-11(8-16)9-18/h5-9H,2-4,10H2,1H3/b11-8+. The number of fused-ring (bicyclic) bond motifs is 1. The number of aromatic nitrogens is 1. The molecule has 106 valence electrons. The highest BCUT2D eigenvalue weighted by Crippen LogP contribution is 2.22. The van der Waals surface area contributed by atoms with Crippen LogP contribution in [0.2, 0.25) is 0 Å². The lowest BCUT2D eigenvalue weighted by Crippen LogP contribution is -2.01. The molecule has 2 rings (SSSR count). The average molecular weight is 277 g/mol. The molecule has 1 aromatic carbocycles. The van der Waals surface area contributed by atoms with E-state index in [9.17, 15) is 9.18 Å². The molecule has 0 N–H and O–H groups in total. The third kappa shape index (κ3) is 3.44. The number of aryl methyl sites for hydroxylation is 1. The van der Waals surface area contributed by atoms with Crippen LogP contribution in [-0.2, 0) is 11.2 Å². The SMILES string of the molecule is CCCCc1nc2ccc(OC/C(C=O)=C/F)cc2o1. The summed E-state index contributed by atoms with van der Waals surface area (Å²) in [4.78, 5) is 14.8. The van der Waals surface area contributed by atoms with Gasteiger partial charge in [-0.15, -0.1) is 0 Å². The van der Waals surface area contributed by atoms with Crippen LogP contribution in [0.5, 0.6) is 5.75 Å². The molecule has 1 aromatic heterocycles. The molecule has 0 aliphatic rings. The van der Waals surface area contributed by atoms with Gasteiger partial charge in [0.05, 0.1) is 11.9 Å². The zero-order valence-electron chi connectivity index (χ0n) is 11.3. The Morgan fingerprint density at radius 3 is 3.05 bits per heavy atom. The minimum Gasteiger partial charge on any atom is -0.489 e. The van der Waals surface area contributed by atoms with E-state index in [1.54, 1.807) is 18.2 Å². The third-order valence-corrected chi connectivity index (χ3v) is 2.85. The Morgan fingerprint density at radius 2 is 2.35 bits per heavy atom. The molecule has 0 fully saturated rings. The molecule has 0 atom stereocenters. The lowest BCUT2D eigenvalue weighted by Gasteiger charge is -2.03. The number of carbonyl (C=O) groups excluding carboxylic acids is 1. The number of nitrogens with zero attached hydrogens (tertiary/aromatic N) is 1. The van der Waals surface area contributed by atoms with E-state index in [1.807, 2.05) is 0 Å². The lowest BCUT2D eigenvalue weighted by molar-refractivity contribution is -0.105. The van der Waals surface area contributed by atoms with Crippen LogP contribution >= 0.6 is 0 Å². The molecule has 0 saturated carbocycles. The van der Waals surface area contributed by atoms with Gasteiger partial charge >= 0.3 is 0 Å². The van der Waals surface area contributed by atoms with Crippen molar-refractivity contribution in [3.05, 3.63) is 36.0 Å². The van der Waals surface area contributed by atoms with Crippen molar-refractivity contribution in [1.82, 2.24) is 4.98 Å². The predicted octanol–water partition coefficient (Wildman–Crippen LogP) is 3.60. The van der Waals surface area contributed by atoms with Crippen LogP contribution < -0.4 is 4.74 Å². The molecule has 0 radical (unpaired) electrons. The first-order valence-electron chi connectivity index (χ1n) is 6.53. The van der Waals surface area contributed by atoms with Crippen LogP contribution in [0, 0.1) is 0 Å². The quantitative estimate of drug-likeness (QED) is 0.573. The summed E-state index contributed by atoms with van der Waals surface area (Å²) >= 11 is 0. The Kier molecular flexibility index (Phi) is 4.87. The Bertz CT molecular complexity index is 619. The van der Waals surface area contributed by atoms with Gasteiger partial charge < -0.3 is 9.15 Å². The average Bonchev–Trinajstić information content (AvgIpc) is 2.88. The van der Waals surface area contributed by atoms with Crippen molar-refractivity contribution in [3.63, 3.8) is 0 Å². The van der Waals surface area contributed by atoms with Gasteiger partial charge in [0, 0.05) is 12.5 Å². The normalized spacial score (nSPS) is 11.8. The molecule has 0 aliphatic heterocycles. The summed E-state index contributed by atoms with van der Waals surface area (Å²) in [5.41, 5.74) is 1.34. The summed E-state index contributed by atoms with van der Waals surface area (Å²) < 4.78 is 23.2. The van der Waals surface area contributed by atoms with E-state index in [4.69, 9.17) is 9.15 Å². The second-order valence-electron chi connectivity index (χ2n) is 4.43. The maximum absolute atomic E-state index is 12.2. The summed E-state index contributed by atoms with van der Waals surface area (Å²) in [6.07, 6.45) is 3.58. The lowest BCUT2D eigenvalue weighted by atomic mass is 10.2. The zero-order chi connectivity index (χ0) is 14.4. The molecule has 0 saturated heterocycles. The van der Waals surface area contributed by atoms with Gasteiger partial charge in [-0.1, -0.05) is 13.3 Å². The van der Waals surface area contributed by atoms with Crippen LogP contribution in [0.1, 0.15) is 25.7 Å². The van der Waals surface area contributed by atoms with Crippen LogP contribution in [-0.4, -0.2) is 17.9 Å². The molecule has 0 bridgehead atoms. The second kappa shape index (κ2) is 6.84. The molecular formula is C15H16FNO3. The molecule has 4 nitrogen and oxygen atoms in total. The van der Waals surface area contributed by atoms with Crippen molar-refractivity contribution in [3.8, 4) is 5.75 Å². The first kappa shape index (κ1) is 14.2. The van der Waals surface area contributed by atoms with Gasteiger partial charge in [-0.3, -0.25) is 4.79 Å². The van der Waals surface area contributed by atoms with Gasteiger partial charge in [0.25, 0.3) is 0 Å². The number of hydrogen-bond donors (Lipinski definition) is 0. The Labute approximate surface area is 116 Å². The van der Waals surface area contributed by atoms with E-state index in [-0.39, 0.29) is 18.5 Å². The van der Waals surface area contributed by atoms with Gasteiger partial charge in [0.2, 0.25) is 0 Å². The van der Waals surface area contributed by atoms with Crippen molar-refractivity contribution < 1.29 is 18.3 Å². The molecule has 0 unspecified atom stereocenters. The fourth-order valence-corrected chi connectivity index (χ4v) is 1.74. The second-order valence-corrected chi connectivity index (χ2v) is 4.43. The maximum Gasteiger partial charge on any atom is 0.195 e. The first-order chi connectivity index (χ1) is 9.76. The fraction of sp³-hybridized carbons (Fsp3) is 0.333. The first-order valence-corrected chi connectivity index (χ1v) is 6.53. The Morgan fingerprint density at radius 1 is 1.50 bits per heavy atom. The number of unbranched alkanes of at least 4 members (excludes halogenated alkanes) is 1. The molecule has 0 spiro atoms. The van der Waals surface area contributed by atoms with Crippen molar-refractivity contribution in [2.75, 3.05) is 6.61 Å². The summed E-state index contributed by atoms with van der Waals surface area (Å²) in [6.45, 7) is 2.00. The number of carbonyl (C=O) groups is 1. The highest BCUT2D eigenvalue weighted by atomic mass is 19.1. The number of halogens is 1. The maximum atomic E-state index is 12.2. The predicted molar refractivity (Wildman–Crippen MR) is 73.4 cm³/mol.